The minimum atomic E-state index is -1.15. The number of hydrogen-bond donors (Lipinski definition) is 3. The maximum atomic E-state index is 12.9. The number of rotatable bonds is 2. The second-order valence-electron chi connectivity index (χ2n) is 2.60. The maximum Gasteiger partial charge on any atom is 0.332 e. The van der Waals surface area contributed by atoms with Gasteiger partial charge in [0.2, 0.25) is 0 Å². The first kappa shape index (κ1) is 10.9. The van der Waals surface area contributed by atoms with Crippen LogP contribution in [0.25, 0.3) is 0 Å². The predicted octanol–water partition coefficient (Wildman–Crippen LogP) is 0.549. The minimum Gasteiger partial charge on any atom is -0.396 e. The fraction of sp³-hybridized carbons (Fsp3) is 0. The van der Waals surface area contributed by atoms with E-state index in [0.717, 1.165) is 12.3 Å². The van der Waals surface area contributed by atoms with E-state index in [4.69, 9.17) is 11.5 Å². The number of carbonyl (C=O) groups is 1. The third kappa shape index (κ3) is 2.63. The number of halogens is 2. The highest BCUT2D eigenvalue weighted by atomic mass is 19.2. The molecule has 5 N–H and O–H groups in total. The number of nitrogen functional groups attached to an aromatic ring is 1. The Hall–Kier alpha value is -2.18. The standard InChI is InChI=1S/C8H8F2N4O/c9-5-2-1-4(7(11)6(5)10)3-13-14-8(12)15/h1-3H,11H2,(H3,12,14,15). The van der Waals surface area contributed by atoms with Gasteiger partial charge in [-0.25, -0.2) is 19.0 Å². The molecule has 0 saturated heterocycles. The van der Waals surface area contributed by atoms with Crippen LogP contribution in [-0.4, -0.2) is 12.2 Å². The number of urea groups is 1. The van der Waals surface area contributed by atoms with Gasteiger partial charge in [0.1, 0.15) is 0 Å². The van der Waals surface area contributed by atoms with Gasteiger partial charge in [0.25, 0.3) is 0 Å². The van der Waals surface area contributed by atoms with Gasteiger partial charge in [-0.15, -0.1) is 0 Å². The molecule has 1 aromatic rings. The number of anilines is 1. The van der Waals surface area contributed by atoms with E-state index in [9.17, 15) is 13.6 Å². The average Bonchev–Trinajstić information content (AvgIpc) is 2.18. The monoisotopic (exact) mass is 214 g/mol. The van der Waals surface area contributed by atoms with Crippen molar-refractivity contribution in [3.8, 4) is 0 Å². The molecule has 0 aliphatic carbocycles. The Bertz CT molecular complexity index is 419. The van der Waals surface area contributed by atoms with Crippen molar-refractivity contribution in [1.82, 2.24) is 5.43 Å². The summed E-state index contributed by atoms with van der Waals surface area (Å²) in [6, 6.07) is 1.25. The molecule has 0 saturated carbocycles. The largest absolute Gasteiger partial charge is 0.396 e. The van der Waals surface area contributed by atoms with Gasteiger partial charge in [-0.1, -0.05) is 0 Å². The number of hydrazone groups is 1. The zero-order valence-electron chi connectivity index (χ0n) is 7.50. The summed E-state index contributed by atoms with van der Waals surface area (Å²) in [5.41, 5.74) is 11.6. The SMILES string of the molecule is NC(=O)NN=Cc1ccc(F)c(F)c1N. The van der Waals surface area contributed by atoms with Crippen molar-refractivity contribution in [2.75, 3.05) is 5.73 Å². The van der Waals surface area contributed by atoms with Crippen molar-refractivity contribution in [2.24, 2.45) is 10.8 Å². The van der Waals surface area contributed by atoms with Gasteiger partial charge in [-0.2, -0.15) is 5.10 Å². The topological polar surface area (TPSA) is 93.5 Å². The molecular weight excluding hydrogens is 206 g/mol. The van der Waals surface area contributed by atoms with Gasteiger partial charge in [-0.3, -0.25) is 0 Å². The maximum absolute atomic E-state index is 12.9. The van der Waals surface area contributed by atoms with Crippen molar-refractivity contribution in [1.29, 1.82) is 0 Å². The Labute approximate surface area is 83.7 Å². The van der Waals surface area contributed by atoms with Crippen LogP contribution in [0.5, 0.6) is 0 Å². The van der Waals surface area contributed by atoms with Crippen LogP contribution in [0.1, 0.15) is 5.56 Å². The molecule has 0 atom stereocenters. The quantitative estimate of drug-likeness (QED) is 0.381. The number of carbonyl (C=O) groups excluding carboxylic acids is 1. The fourth-order valence-electron chi connectivity index (χ4n) is 0.859. The summed E-state index contributed by atoms with van der Waals surface area (Å²) in [6.45, 7) is 0. The van der Waals surface area contributed by atoms with E-state index >= 15 is 0 Å². The van der Waals surface area contributed by atoms with Gasteiger partial charge in [0, 0.05) is 5.56 Å². The molecule has 0 spiro atoms. The molecule has 0 radical (unpaired) electrons. The van der Waals surface area contributed by atoms with Gasteiger partial charge >= 0.3 is 6.03 Å². The van der Waals surface area contributed by atoms with Crippen molar-refractivity contribution in [3.63, 3.8) is 0 Å². The molecule has 1 rings (SSSR count). The first-order valence-corrected chi connectivity index (χ1v) is 3.84. The van der Waals surface area contributed by atoms with Crippen LogP contribution < -0.4 is 16.9 Å². The molecule has 0 aliphatic rings. The number of nitrogens with zero attached hydrogens (tertiary/aromatic N) is 1. The van der Waals surface area contributed by atoms with Crippen molar-refractivity contribution >= 4 is 17.9 Å². The molecule has 0 aromatic heterocycles. The predicted molar refractivity (Wildman–Crippen MR) is 51.1 cm³/mol. The van der Waals surface area contributed by atoms with E-state index in [-0.39, 0.29) is 11.3 Å². The molecule has 1 aromatic carbocycles. The molecule has 80 valence electrons. The summed E-state index contributed by atoms with van der Waals surface area (Å²) < 4.78 is 25.5. The first-order valence-electron chi connectivity index (χ1n) is 3.84. The molecule has 0 fully saturated rings. The lowest BCUT2D eigenvalue weighted by Crippen LogP contribution is -2.24. The van der Waals surface area contributed by atoms with Crippen LogP contribution in [0.3, 0.4) is 0 Å². The van der Waals surface area contributed by atoms with Crippen LogP contribution in [0.4, 0.5) is 19.3 Å². The Morgan fingerprint density at radius 1 is 1.47 bits per heavy atom. The second kappa shape index (κ2) is 4.36. The molecule has 2 amide bonds. The molecular formula is C8H8F2N4O. The molecule has 0 aliphatic heterocycles. The van der Waals surface area contributed by atoms with Crippen molar-refractivity contribution < 1.29 is 13.6 Å². The average molecular weight is 214 g/mol. The Morgan fingerprint density at radius 3 is 2.73 bits per heavy atom. The molecule has 0 unspecified atom stereocenters. The van der Waals surface area contributed by atoms with Gasteiger partial charge in [0.05, 0.1) is 11.9 Å². The first-order chi connectivity index (χ1) is 7.02. The minimum absolute atomic E-state index is 0.141. The number of primary amides is 1. The summed E-state index contributed by atoms with van der Waals surface area (Å²) in [5.74, 6) is -2.20. The van der Waals surface area contributed by atoms with E-state index < -0.39 is 17.7 Å². The number of amides is 2. The normalized spacial score (nSPS) is 10.5. The van der Waals surface area contributed by atoms with E-state index in [1.807, 2.05) is 5.43 Å². The second-order valence-corrected chi connectivity index (χ2v) is 2.60. The number of nitrogens with one attached hydrogen (secondary N) is 1. The highest BCUT2D eigenvalue weighted by Crippen LogP contribution is 2.17. The van der Waals surface area contributed by atoms with Crippen LogP contribution in [0.15, 0.2) is 17.2 Å². The molecule has 15 heavy (non-hydrogen) atoms. The van der Waals surface area contributed by atoms with Gasteiger partial charge < -0.3 is 11.5 Å². The summed E-state index contributed by atoms with van der Waals surface area (Å²) >= 11 is 0. The van der Waals surface area contributed by atoms with E-state index in [1.54, 1.807) is 0 Å². The number of nitrogens with two attached hydrogens (primary N) is 2. The van der Waals surface area contributed by atoms with Crippen molar-refractivity contribution in [3.05, 3.63) is 29.3 Å². The van der Waals surface area contributed by atoms with Gasteiger partial charge in [0.15, 0.2) is 11.6 Å². The molecule has 0 heterocycles. The number of hydrogen-bond acceptors (Lipinski definition) is 3. The third-order valence-electron chi connectivity index (χ3n) is 1.54. The van der Waals surface area contributed by atoms with Crippen LogP contribution >= 0.6 is 0 Å². The van der Waals surface area contributed by atoms with Gasteiger partial charge in [-0.05, 0) is 12.1 Å². The molecule has 5 nitrogen and oxygen atoms in total. The zero-order chi connectivity index (χ0) is 11.4. The smallest absolute Gasteiger partial charge is 0.332 e. The lowest BCUT2D eigenvalue weighted by molar-refractivity contribution is 0.249. The lowest BCUT2D eigenvalue weighted by atomic mass is 10.2. The highest BCUT2D eigenvalue weighted by molar-refractivity contribution is 5.87. The molecule has 7 heteroatoms. The summed E-state index contributed by atoms with van der Waals surface area (Å²) in [5, 5.41) is 3.35. The third-order valence-corrected chi connectivity index (χ3v) is 1.54. The lowest BCUT2D eigenvalue weighted by Gasteiger charge is -2.01. The van der Waals surface area contributed by atoms with Crippen LogP contribution in [0.2, 0.25) is 0 Å². The van der Waals surface area contributed by atoms with Crippen molar-refractivity contribution in [2.45, 2.75) is 0 Å². The summed E-state index contributed by atoms with van der Waals surface area (Å²) in [6.07, 6.45) is 1.06. The summed E-state index contributed by atoms with van der Waals surface area (Å²) in [7, 11) is 0. The van der Waals surface area contributed by atoms with E-state index in [1.165, 1.54) is 6.07 Å². The zero-order valence-corrected chi connectivity index (χ0v) is 7.50. The fourth-order valence-corrected chi connectivity index (χ4v) is 0.859. The Balaban J connectivity index is 2.92. The Kier molecular flexibility index (Phi) is 3.17. The van der Waals surface area contributed by atoms with E-state index in [0.29, 0.717) is 0 Å². The number of benzene rings is 1. The Morgan fingerprint density at radius 2 is 2.13 bits per heavy atom. The van der Waals surface area contributed by atoms with E-state index in [2.05, 4.69) is 5.10 Å². The molecule has 0 bridgehead atoms. The highest BCUT2D eigenvalue weighted by Gasteiger charge is 2.08. The summed E-state index contributed by atoms with van der Waals surface area (Å²) in [4.78, 5) is 10.2. The van der Waals surface area contributed by atoms with Crippen LogP contribution in [0, 0.1) is 11.6 Å². The van der Waals surface area contributed by atoms with Crippen LogP contribution in [-0.2, 0) is 0 Å².